The third-order valence-corrected chi connectivity index (χ3v) is 11.7. The first kappa shape index (κ1) is 45.8. The molecular weight excluding hydrogens is 787 g/mol. The van der Waals surface area contributed by atoms with Gasteiger partial charge >= 0.3 is 0 Å². The van der Waals surface area contributed by atoms with Crippen molar-refractivity contribution in [3.8, 4) is 0 Å². The number of benzene rings is 4. The lowest BCUT2D eigenvalue weighted by Crippen LogP contribution is -2.62. The van der Waals surface area contributed by atoms with Crippen LogP contribution in [0.3, 0.4) is 0 Å². The van der Waals surface area contributed by atoms with Crippen molar-refractivity contribution in [2.75, 3.05) is 26.4 Å². The second-order valence-electron chi connectivity index (χ2n) is 16.9. The molecule has 12 heteroatoms. The predicted molar refractivity (Wildman–Crippen MR) is 235 cm³/mol. The van der Waals surface area contributed by atoms with E-state index in [1.807, 2.05) is 135 Å². The Morgan fingerprint density at radius 3 is 1.69 bits per heavy atom. The summed E-state index contributed by atoms with van der Waals surface area (Å²) in [7, 11) is 0. The summed E-state index contributed by atoms with van der Waals surface area (Å²) in [5, 5.41) is 4.22. The Balaban J connectivity index is 1.14. The van der Waals surface area contributed by atoms with E-state index >= 15 is 0 Å². The van der Waals surface area contributed by atoms with Crippen molar-refractivity contribution in [3.63, 3.8) is 0 Å². The molecule has 3 aliphatic rings. The number of azide groups is 1. The number of ether oxygens (including phenoxy) is 9. The molecule has 1 aliphatic carbocycles. The van der Waals surface area contributed by atoms with Crippen LogP contribution < -0.4 is 0 Å². The molecule has 4 aromatic rings. The van der Waals surface area contributed by atoms with Gasteiger partial charge in [0.1, 0.15) is 36.6 Å². The van der Waals surface area contributed by atoms with Gasteiger partial charge < -0.3 is 42.6 Å². The van der Waals surface area contributed by atoms with E-state index in [9.17, 15) is 5.53 Å². The van der Waals surface area contributed by atoms with E-state index in [0.717, 1.165) is 28.7 Å². The van der Waals surface area contributed by atoms with Crippen LogP contribution in [-0.4, -0.2) is 81.2 Å². The van der Waals surface area contributed by atoms with Gasteiger partial charge in [0.25, 0.3) is 0 Å². The molecule has 7 rings (SSSR count). The number of nitrogens with zero attached hydrogens (tertiary/aromatic N) is 3. The molecule has 3 fully saturated rings. The van der Waals surface area contributed by atoms with Crippen molar-refractivity contribution < 1.29 is 42.6 Å². The fourth-order valence-corrected chi connectivity index (χ4v) is 8.58. The molecule has 0 bridgehead atoms. The standard InChI is InChI=1S/C50H63N3O9/c1-50(2)61-44(36-54-29-28-37-18-8-3-9-19-37)45(62-50)42(52-53-51)34-59-49-48(58-33-41-26-16-7-17-27-41)47(57-32-40-24-14-6-15-25-40)46(56-31-39-22-12-5-13-23-39)43(60-49)35-55-30-38-20-10-4-11-21-38/h4-7,10-17,20-27,37,42-49H,3,8-9,18-19,28-36H2,1-2H3/t42-,43+,44+,45-,46-,47-,48+,49-/m0/s1. The molecule has 62 heavy (non-hydrogen) atoms. The predicted octanol–water partition coefficient (Wildman–Crippen LogP) is 9.89. The first-order valence-electron chi connectivity index (χ1n) is 22.3. The zero-order chi connectivity index (χ0) is 42.8. The zero-order valence-electron chi connectivity index (χ0n) is 36.2. The minimum Gasteiger partial charge on any atom is -0.379 e. The van der Waals surface area contributed by atoms with Crippen molar-refractivity contribution in [2.24, 2.45) is 11.0 Å². The molecule has 2 aliphatic heterocycles. The van der Waals surface area contributed by atoms with Gasteiger partial charge in [-0.3, -0.25) is 0 Å². The monoisotopic (exact) mass is 849 g/mol. The molecular formula is C50H63N3O9. The molecule has 2 saturated heterocycles. The summed E-state index contributed by atoms with van der Waals surface area (Å²) < 4.78 is 59.5. The summed E-state index contributed by atoms with van der Waals surface area (Å²) in [6.07, 6.45) is 2.60. The Kier molecular flexibility index (Phi) is 17.8. The van der Waals surface area contributed by atoms with Crippen LogP contribution in [0.15, 0.2) is 126 Å². The first-order chi connectivity index (χ1) is 30.4. The Labute approximate surface area is 366 Å². The molecule has 2 heterocycles. The van der Waals surface area contributed by atoms with Crippen molar-refractivity contribution in [1.29, 1.82) is 0 Å². The minimum absolute atomic E-state index is 0.0544. The van der Waals surface area contributed by atoms with Crippen LogP contribution in [0.4, 0.5) is 0 Å². The van der Waals surface area contributed by atoms with Crippen molar-refractivity contribution in [2.45, 2.75) is 134 Å². The summed E-state index contributed by atoms with van der Waals surface area (Å²) in [4.78, 5) is 3.24. The molecule has 4 aromatic carbocycles. The Morgan fingerprint density at radius 2 is 1.13 bits per heavy atom. The minimum atomic E-state index is -0.988. The Bertz CT molecular complexity index is 1900. The molecule has 8 atom stereocenters. The van der Waals surface area contributed by atoms with Gasteiger partial charge in [0, 0.05) is 11.5 Å². The molecule has 0 amide bonds. The highest BCUT2D eigenvalue weighted by Crippen LogP contribution is 2.35. The lowest BCUT2D eigenvalue weighted by Gasteiger charge is -2.46. The average molecular weight is 850 g/mol. The van der Waals surface area contributed by atoms with Crippen molar-refractivity contribution in [3.05, 3.63) is 154 Å². The quantitative estimate of drug-likeness (QED) is 0.0310. The molecule has 12 nitrogen and oxygen atoms in total. The maximum Gasteiger partial charge on any atom is 0.186 e. The highest BCUT2D eigenvalue weighted by molar-refractivity contribution is 5.16. The maximum atomic E-state index is 9.88. The van der Waals surface area contributed by atoms with Gasteiger partial charge in [0.15, 0.2) is 12.1 Å². The van der Waals surface area contributed by atoms with Crippen LogP contribution in [0.5, 0.6) is 0 Å². The molecule has 0 aromatic heterocycles. The van der Waals surface area contributed by atoms with E-state index in [0.29, 0.717) is 39.0 Å². The van der Waals surface area contributed by atoms with Gasteiger partial charge in [-0.05, 0) is 54.0 Å². The van der Waals surface area contributed by atoms with Crippen LogP contribution in [0.2, 0.25) is 0 Å². The van der Waals surface area contributed by atoms with Crippen LogP contribution >= 0.6 is 0 Å². The highest BCUT2D eigenvalue weighted by Gasteiger charge is 2.50. The normalized spacial score (nSPS) is 25.5. The van der Waals surface area contributed by atoms with Crippen LogP contribution in [0.25, 0.3) is 10.4 Å². The van der Waals surface area contributed by atoms with E-state index in [1.54, 1.807) is 0 Å². The molecule has 0 radical (unpaired) electrons. The van der Waals surface area contributed by atoms with E-state index in [-0.39, 0.29) is 19.8 Å². The third kappa shape index (κ3) is 13.9. The van der Waals surface area contributed by atoms with E-state index in [2.05, 4.69) is 10.0 Å². The van der Waals surface area contributed by atoms with Crippen LogP contribution in [0, 0.1) is 5.92 Å². The van der Waals surface area contributed by atoms with Gasteiger partial charge in [-0.15, -0.1) is 0 Å². The van der Waals surface area contributed by atoms with Crippen molar-refractivity contribution >= 4 is 0 Å². The van der Waals surface area contributed by atoms with E-state index < -0.39 is 54.7 Å². The third-order valence-electron chi connectivity index (χ3n) is 11.7. The second-order valence-corrected chi connectivity index (χ2v) is 16.9. The largest absolute Gasteiger partial charge is 0.379 e. The Hall–Kier alpha value is -4.17. The second kappa shape index (κ2) is 24.0. The summed E-state index contributed by atoms with van der Waals surface area (Å²) in [5.74, 6) is -0.223. The Morgan fingerprint density at radius 1 is 0.613 bits per heavy atom. The summed E-state index contributed by atoms with van der Waals surface area (Å²) >= 11 is 0. The fourth-order valence-electron chi connectivity index (χ4n) is 8.58. The molecule has 0 N–H and O–H groups in total. The molecule has 0 unspecified atom stereocenters. The lowest BCUT2D eigenvalue weighted by atomic mass is 9.87. The SMILES string of the molecule is CC1(C)O[C@@H]([C@H](CO[C@H]2O[C@H](COCc3ccccc3)[C@H](OCc3ccccc3)[C@H](OCc3ccccc3)[C@H]2OCc2ccccc2)N=[N+]=[N-])[C@@H](COCCC2CCCCC2)O1. The lowest BCUT2D eigenvalue weighted by molar-refractivity contribution is -0.329. The van der Waals surface area contributed by atoms with Gasteiger partial charge in [-0.2, -0.15) is 0 Å². The summed E-state index contributed by atoms with van der Waals surface area (Å²) in [6, 6.07) is 39.2. The molecule has 332 valence electrons. The topological polar surface area (TPSA) is 132 Å². The van der Waals surface area contributed by atoms with Gasteiger partial charge in [-0.1, -0.05) is 159 Å². The van der Waals surface area contributed by atoms with Crippen LogP contribution in [0.1, 0.15) is 74.6 Å². The fraction of sp³-hybridized carbons (Fsp3) is 0.520. The summed E-state index contributed by atoms with van der Waals surface area (Å²) in [5.41, 5.74) is 13.9. The smallest absolute Gasteiger partial charge is 0.186 e. The van der Waals surface area contributed by atoms with E-state index in [4.69, 9.17) is 42.6 Å². The van der Waals surface area contributed by atoms with Crippen molar-refractivity contribution in [1.82, 2.24) is 0 Å². The maximum absolute atomic E-state index is 9.88. The number of rotatable bonds is 23. The number of hydrogen-bond donors (Lipinski definition) is 0. The van der Waals surface area contributed by atoms with Crippen LogP contribution in [-0.2, 0) is 69.1 Å². The average Bonchev–Trinajstić information content (AvgIpc) is 3.62. The van der Waals surface area contributed by atoms with Gasteiger partial charge in [-0.25, -0.2) is 0 Å². The van der Waals surface area contributed by atoms with Gasteiger partial charge in [0.05, 0.1) is 52.3 Å². The summed E-state index contributed by atoms with van der Waals surface area (Å²) in [6.45, 7) is 6.02. The first-order valence-corrected chi connectivity index (χ1v) is 22.3. The van der Waals surface area contributed by atoms with Gasteiger partial charge in [0.2, 0.25) is 0 Å². The van der Waals surface area contributed by atoms with E-state index in [1.165, 1.54) is 32.1 Å². The molecule has 0 spiro atoms. The highest BCUT2D eigenvalue weighted by atomic mass is 16.8. The number of hydrogen-bond acceptors (Lipinski definition) is 10. The zero-order valence-corrected chi connectivity index (χ0v) is 36.2. The molecule has 1 saturated carbocycles.